The van der Waals surface area contributed by atoms with E-state index in [4.69, 9.17) is 9.47 Å². The van der Waals surface area contributed by atoms with E-state index in [-0.39, 0.29) is 29.7 Å². The standard InChI is InChI=1S/C34H39FN8O4/c35-29-18-43(33(45)23-1-7-28(44)16-23)10-9-31(29)47-30-8-2-22(15-24(30)17-36)32-37-21-38-34(40-32)39-25-3-5-26(6-4-25)41-11-13-42(14-12-41)27-19-46-20-27/h2-6,8,15,21,23,27-29,31,44H,1,7,9-14,16,18-20H2,(H,37,38,39,40)/t23?,28-,29+,31-/m0/s1. The quantitative estimate of drug-likeness (QED) is 0.375. The van der Waals surface area contributed by atoms with Gasteiger partial charge in [0.1, 0.15) is 24.3 Å². The number of rotatable bonds is 8. The Bertz CT molecular complexity index is 1610. The van der Waals surface area contributed by atoms with Crippen molar-refractivity contribution in [1.82, 2.24) is 24.8 Å². The minimum Gasteiger partial charge on any atom is -0.486 e. The van der Waals surface area contributed by atoms with Crippen molar-refractivity contribution in [3.05, 3.63) is 54.4 Å². The van der Waals surface area contributed by atoms with Crippen LogP contribution < -0.4 is 15.0 Å². The van der Waals surface area contributed by atoms with Gasteiger partial charge in [-0.1, -0.05) is 0 Å². The number of piperidine rings is 1. The number of likely N-dealkylation sites (tertiary alicyclic amines) is 1. The number of nitriles is 1. The molecule has 3 aliphatic heterocycles. The van der Waals surface area contributed by atoms with Gasteiger partial charge in [0.25, 0.3) is 0 Å². The van der Waals surface area contributed by atoms with Gasteiger partial charge in [-0.05, 0) is 61.7 Å². The second-order valence-electron chi connectivity index (χ2n) is 12.8. The van der Waals surface area contributed by atoms with E-state index in [1.54, 1.807) is 18.2 Å². The molecule has 4 heterocycles. The molecule has 13 heteroatoms. The summed E-state index contributed by atoms with van der Waals surface area (Å²) in [4.78, 5) is 32.4. The predicted molar refractivity (Wildman–Crippen MR) is 172 cm³/mol. The van der Waals surface area contributed by atoms with Crippen molar-refractivity contribution in [3.8, 4) is 23.2 Å². The van der Waals surface area contributed by atoms with E-state index in [9.17, 15) is 15.2 Å². The van der Waals surface area contributed by atoms with Crippen LogP contribution in [0.25, 0.3) is 11.4 Å². The molecule has 1 unspecified atom stereocenters. The number of aliphatic hydroxyl groups is 1. The molecule has 1 aromatic heterocycles. The average Bonchev–Trinajstić information content (AvgIpc) is 3.51. The topological polar surface area (TPSA) is 140 Å². The molecule has 3 aromatic rings. The Morgan fingerprint density at radius 3 is 2.53 bits per heavy atom. The van der Waals surface area contributed by atoms with Crippen LogP contribution >= 0.6 is 0 Å². The summed E-state index contributed by atoms with van der Waals surface area (Å²) in [5.74, 6) is 0.671. The SMILES string of the molecule is N#Cc1cc(-c2ncnc(Nc3ccc(N4CCN(C5COC5)CC4)cc3)n2)ccc1O[C@H]1CCN(C(=O)C2CC[C@H](O)C2)C[C@H]1F. The number of amides is 1. The van der Waals surface area contributed by atoms with Crippen molar-refractivity contribution < 1.29 is 23.8 Å². The number of carbonyl (C=O) groups excluding carboxylic acids is 1. The van der Waals surface area contributed by atoms with Crippen LogP contribution in [-0.2, 0) is 9.53 Å². The Morgan fingerprint density at radius 1 is 1.04 bits per heavy atom. The lowest BCUT2D eigenvalue weighted by Crippen LogP contribution is -2.56. The van der Waals surface area contributed by atoms with Crippen LogP contribution in [0.15, 0.2) is 48.8 Å². The third-order valence-corrected chi connectivity index (χ3v) is 9.70. The first kappa shape index (κ1) is 31.2. The first-order chi connectivity index (χ1) is 22.9. The van der Waals surface area contributed by atoms with Crippen LogP contribution in [0.2, 0.25) is 0 Å². The molecule has 1 amide bonds. The fourth-order valence-electron chi connectivity index (χ4n) is 6.84. The molecule has 246 valence electrons. The number of anilines is 3. The lowest BCUT2D eigenvalue weighted by molar-refractivity contribution is -0.139. The largest absolute Gasteiger partial charge is 0.486 e. The molecule has 1 aliphatic carbocycles. The van der Waals surface area contributed by atoms with Gasteiger partial charge >= 0.3 is 0 Å². The molecule has 4 atom stereocenters. The molecular formula is C34H39FN8O4. The van der Waals surface area contributed by atoms with Crippen LogP contribution in [-0.4, -0.2) is 113 Å². The summed E-state index contributed by atoms with van der Waals surface area (Å²) in [6.45, 7) is 6.03. The van der Waals surface area contributed by atoms with E-state index in [1.807, 2.05) is 12.1 Å². The number of hydrogen-bond acceptors (Lipinski definition) is 11. The normalized spacial score (nSPS) is 25.2. The molecule has 4 aliphatic rings. The fraction of sp³-hybridized carbons (Fsp3) is 0.500. The van der Waals surface area contributed by atoms with E-state index in [0.29, 0.717) is 55.6 Å². The lowest BCUT2D eigenvalue weighted by Gasteiger charge is -2.43. The van der Waals surface area contributed by atoms with Gasteiger partial charge in [0.05, 0.1) is 37.5 Å². The molecule has 0 spiro atoms. The average molecular weight is 643 g/mol. The highest BCUT2D eigenvalue weighted by molar-refractivity contribution is 5.79. The molecule has 1 saturated carbocycles. The zero-order chi connectivity index (χ0) is 32.3. The summed E-state index contributed by atoms with van der Waals surface area (Å²) in [6.07, 6.45) is 0.765. The van der Waals surface area contributed by atoms with Crippen LogP contribution in [0, 0.1) is 17.2 Å². The molecule has 47 heavy (non-hydrogen) atoms. The van der Waals surface area contributed by atoms with E-state index < -0.39 is 18.4 Å². The third kappa shape index (κ3) is 7.00. The monoisotopic (exact) mass is 642 g/mol. The molecule has 2 N–H and O–H groups in total. The zero-order valence-corrected chi connectivity index (χ0v) is 26.2. The summed E-state index contributed by atoms with van der Waals surface area (Å²) >= 11 is 0. The number of alkyl halides is 1. The van der Waals surface area contributed by atoms with Crippen LogP contribution in [0.5, 0.6) is 5.75 Å². The number of nitrogens with one attached hydrogen (secondary N) is 1. The van der Waals surface area contributed by atoms with Crippen molar-refractivity contribution in [2.75, 3.05) is 62.7 Å². The van der Waals surface area contributed by atoms with Gasteiger partial charge in [0, 0.05) is 62.0 Å². The van der Waals surface area contributed by atoms with Crippen molar-refractivity contribution in [2.24, 2.45) is 5.92 Å². The summed E-state index contributed by atoms with van der Waals surface area (Å²) in [6, 6.07) is 15.9. The second-order valence-corrected chi connectivity index (χ2v) is 12.8. The number of benzene rings is 2. The molecule has 12 nitrogen and oxygen atoms in total. The Morgan fingerprint density at radius 2 is 1.85 bits per heavy atom. The lowest BCUT2D eigenvalue weighted by atomic mass is 10.0. The van der Waals surface area contributed by atoms with Gasteiger partial charge in [0.2, 0.25) is 11.9 Å². The van der Waals surface area contributed by atoms with Gasteiger partial charge in [-0.3, -0.25) is 9.69 Å². The first-order valence-electron chi connectivity index (χ1n) is 16.4. The van der Waals surface area contributed by atoms with E-state index in [2.05, 4.69) is 48.3 Å². The zero-order valence-electron chi connectivity index (χ0n) is 26.2. The van der Waals surface area contributed by atoms with Crippen LogP contribution in [0.1, 0.15) is 31.2 Å². The number of carbonyl (C=O) groups is 1. The van der Waals surface area contributed by atoms with Gasteiger partial charge < -0.3 is 29.7 Å². The minimum atomic E-state index is -1.39. The van der Waals surface area contributed by atoms with Gasteiger partial charge in [-0.25, -0.2) is 14.4 Å². The summed E-state index contributed by atoms with van der Waals surface area (Å²) in [7, 11) is 0. The van der Waals surface area contributed by atoms with Crippen LogP contribution in [0.3, 0.4) is 0 Å². The number of aliphatic hydroxyl groups excluding tert-OH is 1. The smallest absolute Gasteiger partial charge is 0.230 e. The van der Waals surface area contributed by atoms with E-state index in [0.717, 1.165) is 45.1 Å². The van der Waals surface area contributed by atoms with Gasteiger partial charge in [0.15, 0.2) is 12.0 Å². The maximum absolute atomic E-state index is 15.2. The Hall–Kier alpha value is -4.38. The van der Waals surface area contributed by atoms with Crippen LogP contribution in [0.4, 0.5) is 21.7 Å². The Labute approximate surface area is 273 Å². The highest BCUT2D eigenvalue weighted by Gasteiger charge is 2.38. The first-order valence-corrected chi connectivity index (χ1v) is 16.4. The van der Waals surface area contributed by atoms with Gasteiger partial charge in [-0.2, -0.15) is 10.2 Å². The maximum atomic E-state index is 15.2. The molecule has 7 rings (SSSR count). The summed E-state index contributed by atoms with van der Waals surface area (Å²) < 4.78 is 26.5. The molecule has 0 radical (unpaired) electrons. The minimum absolute atomic E-state index is 0.0625. The maximum Gasteiger partial charge on any atom is 0.230 e. The van der Waals surface area contributed by atoms with Crippen molar-refractivity contribution in [3.63, 3.8) is 0 Å². The highest BCUT2D eigenvalue weighted by Crippen LogP contribution is 2.31. The highest BCUT2D eigenvalue weighted by atomic mass is 19.1. The van der Waals surface area contributed by atoms with E-state index >= 15 is 4.39 Å². The molecule has 0 bridgehead atoms. The summed E-state index contributed by atoms with van der Waals surface area (Å²) in [5, 5.41) is 22.9. The van der Waals surface area contributed by atoms with Crippen molar-refractivity contribution in [1.29, 1.82) is 5.26 Å². The molecule has 4 fully saturated rings. The molecule has 3 saturated heterocycles. The number of hydrogen-bond donors (Lipinski definition) is 2. The number of piperazine rings is 1. The molecule has 2 aromatic carbocycles. The Balaban J connectivity index is 0.955. The number of nitrogens with zero attached hydrogens (tertiary/aromatic N) is 7. The molecular weight excluding hydrogens is 603 g/mol. The summed E-state index contributed by atoms with van der Waals surface area (Å²) in [5.41, 5.74) is 2.84. The van der Waals surface area contributed by atoms with Crippen molar-refractivity contribution in [2.45, 2.75) is 50.1 Å². The number of aromatic nitrogens is 3. The third-order valence-electron chi connectivity index (χ3n) is 9.70. The number of ether oxygens (including phenoxy) is 2. The second kappa shape index (κ2) is 13.8. The fourth-order valence-corrected chi connectivity index (χ4v) is 6.84. The van der Waals surface area contributed by atoms with E-state index in [1.165, 1.54) is 16.9 Å². The Kier molecular flexibility index (Phi) is 9.15. The predicted octanol–water partition coefficient (Wildman–Crippen LogP) is 3.15. The van der Waals surface area contributed by atoms with Crippen molar-refractivity contribution >= 4 is 23.2 Å². The van der Waals surface area contributed by atoms with Gasteiger partial charge in [-0.15, -0.1) is 0 Å². The number of halogens is 1.